The molecule has 0 fully saturated rings. The van der Waals surface area contributed by atoms with E-state index in [1.807, 2.05) is 0 Å². The molecule has 0 radical (unpaired) electrons. The standard InChI is InChI=1S/C19H18Cl2N2O4/c1-11(24)22-16(8-12-4-7-17(26-2)18(9-12)27-3)19(25)23-15-10-13(20)5-6-14(15)21/h4-10H,1-3H3,(H,22,24)(H,23,25)/b16-8-. The number of benzene rings is 2. The number of hydrogen-bond donors (Lipinski definition) is 2. The van der Waals surface area contributed by atoms with Crippen LogP contribution < -0.4 is 20.1 Å². The van der Waals surface area contributed by atoms with Crippen LogP contribution >= 0.6 is 23.2 Å². The second-order valence-electron chi connectivity index (χ2n) is 5.43. The Morgan fingerprint density at radius 1 is 1.00 bits per heavy atom. The average Bonchev–Trinajstić information content (AvgIpc) is 2.63. The first-order valence-corrected chi connectivity index (χ1v) is 8.57. The van der Waals surface area contributed by atoms with Crippen molar-refractivity contribution < 1.29 is 19.1 Å². The van der Waals surface area contributed by atoms with Crippen LogP contribution in [0.15, 0.2) is 42.1 Å². The number of hydrogen-bond acceptors (Lipinski definition) is 4. The molecule has 27 heavy (non-hydrogen) atoms. The van der Waals surface area contributed by atoms with Crippen LogP contribution in [-0.4, -0.2) is 26.0 Å². The highest BCUT2D eigenvalue weighted by atomic mass is 35.5. The van der Waals surface area contributed by atoms with Gasteiger partial charge in [-0.3, -0.25) is 9.59 Å². The number of anilines is 1. The van der Waals surface area contributed by atoms with Gasteiger partial charge in [0.25, 0.3) is 5.91 Å². The molecule has 0 aliphatic carbocycles. The molecule has 0 heterocycles. The van der Waals surface area contributed by atoms with Gasteiger partial charge in [-0.2, -0.15) is 0 Å². The second kappa shape index (κ2) is 9.30. The van der Waals surface area contributed by atoms with Gasteiger partial charge >= 0.3 is 0 Å². The molecular formula is C19H18Cl2N2O4. The first-order valence-electron chi connectivity index (χ1n) is 7.81. The van der Waals surface area contributed by atoms with Crippen molar-refractivity contribution >= 4 is 46.8 Å². The first kappa shape index (κ1) is 20.6. The Kier molecular flexibility index (Phi) is 7.10. The summed E-state index contributed by atoms with van der Waals surface area (Å²) in [6.45, 7) is 1.31. The maximum Gasteiger partial charge on any atom is 0.272 e. The third-order valence-corrected chi connectivity index (χ3v) is 4.02. The van der Waals surface area contributed by atoms with Gasteiger partial charge in [0.2, 0.25) is 5.91 Å². The highest BCUT2D eigenvalue weighted by molar-refractivity contribution is 6.36. The van der Waals surface area contributed by atoms with Crippen molar-refractivity contribution in [3.05, 3.63) is 57.7 Å². The lowest BCUT2D eigenvalue weighted by Crippen LogP contribution is -2.29. The summed E-state index contributed by atoms with van der Waals surface area (Å²) in [6.07, 6.45) is 1.51. The summed E-state index contributed by atoms with van der Waals surface area (Å²) in [7, 11) is 3.03. The van der Waals surface area contributed by atoms with Crippen molar-refractivity contribution in [1.29, 1.82) is 0 Å². The monoisotopic (exact) mass is 408 g/mol. The predicted octanol–water partition coefficient (Wildman–Crippen LogP) is 4.13. The molecular weight excluding hydrogens is 391 g/mol. The fourth-order valence-electron chi connectivity index (χ4n) is 2.24. The van der Waals surface area contributed by atoms with E-state index in [1.54, 1.807) is 30.3 Å². The summed E-state index contributed by atoms with van der Waals surface area (Å²) in [5, 5.41) is 5.88. The van der Waals surface area contributed by atoms with E-state index in [-0.39, 0.29) is 5.70 Å². The van der Waals surface area contributed by atoms with Crippen LogP contribution in [0.1, 0.15) is 12.5 Å². The lowest BCUT2D eigenvalue weighted by atomic mass is 10.1. The minimum Gasteiger partial charge on any atom is -0.493 e. The average molecular weight is 409 g/mol. The summed E-state index contributed by atoms with van der Waals surface area (Å²) >= 11 is 12.0. The van der Waals surface area contributed by atoms with Crippen LogP contribution in [0.3, 0.4) is 0 Å². The van der Waals surface area contributed by atoms with Gasteiger partial charge in [0.05, 0.1) is 24.9 Å². The van der Waals surface area contributed by atoms with E-state index in [1.165, 1.54) is 33.3 Å². The number of carbonyl (C=O) groups excluding carboxylic acids is 2. The van der Waals surface area contributed by atoms with Gasteiger partial charge in [-0.15, -0.1) is 0 Å². The predicted molar refractivity (Wildman–Crippen MR) is 106 cm³/mol. The van der Waals surface area contributed by atoms with Gasteiger partial charge in [0.1, 0.15) is 5.70 Å². The van der Waals surface area contributed by atoms with Gasteiger partial charge in [-0.05, 0) is 42.0 Å². The van der Waals surface area contributed by atoms with Gasteiger partial charge in [-0.1, -0.05) is 29.3 Å². The van der Waals surface area contributed by atoms with Crippen LogP contribution in [0.2, 0.25) is 10.0 Å². The Balaban J connectivity index is 2.36. The Morgan fingerprint density at radius 3 is 2.33 bits per heavy atom. The molecule has 0 aliphatic rings. The summed E-state index contributed by atoms with van der Waals surface area (Å²) < 4.78 is 10.4. The molecule has 2 aromatic rings. The normalized spacial score (nSPS) is 10.9. The van der Waals surface area contributed by atoms with Crippen LogP contribution in [0.25, 0.3) is 6.08 Å². The number of halogens is 2. The van der Waals surface area contributed by atoms with Crippen molar-refractivity contribution in [2.45, 2.75) is 6.92 Å². The Labute approximate surface area is 167 Å². The Hall–Kier alpha value is -2.70. The molecule has 2 rings (SSSR count). The van der Waals surface area contributed by atoms with Crippen LogP contribution in [0.4, 0.5) is 5.69 Å². The molecule has 6 nitrogen and oxygen atoms in total. The van der Waals surface area contributed by atoms with E-state index in [4.69, 9.17) is 32.7 Å². The number of ether oxygens (including phenoxy) is 2. The lowest BCUT2D eigenvalue weighted by molar-refractivity contribution is -0.120. The number of methoxy groups -OCH3 is 2. The molecule has 0 spiro atoms. The molecule has 2 N–H and O–H groups in total. The third-order valence-electron chi connectivity index (χ3n) is 3.45. The Bertz CT molecular complexity index is 897. The van der Waals surface area contributed by atoms with Crippen molar-refractivity contribution in [3.8, 4) is 11.5 Å². The number of amides is 2. The van der Waals surface area contributed by atoms with E-state index in [9.17, 15) is 9.59 Å². The van der Waals surface area contributed by atoms with Gasteiger partial charge in [-0.25, -0.2) is 0 Å². The summed E-state index contributed by atoms with van der Waals surface area (Å²) in [6, 6.07) is 9.79. The minimum atomic E-state index is -0.552. The largest absolute Gasteiger partial charge is 0.493 e. The highest BCUT2D eigenvalue weighted by Gasteiger charge is 2.14. The van der Waals surface area contributed by atoms with Crippen molar-refractivity contribution in [1.82, 2.24) is 5.32 Å². The van der Waals surface area contributed by atoms with E-state index in [0.29, 0.717) is 32.8 Å². The third kappa shape index (κ3) is 5.64. The smallest absolute Gasteiger partial charge is 0.272 e. The fraction of sp³-hybridized carbons (Fsp3) is 0.158. The van der Waals surface area contributed by atoms with Crippen LogP contribution in [-0.2, 0) is 9.59 Å². The van der Waals surface area contributed by atoms with Crippen molar-refractivity contribution in [2.24, 2.45) is 0 Å². The fourth-order valence-corrected chi connectivity index (χ4v) is 2.58. The van der Waals surface area contributed by atoms with Gasteiger partial charge in [0, 0.05) is 11.9 Å². The quantitative estimate of drug-likeness (QED) is 0.704. The molecule has 8 heteroatoms. The molecule has 142 valence electrons. The van der Waals surface area contributed by atoms with E-state index in [2.05, 4.69) is 10.6 Å². The van der Waals surface area contributed by atoms with Crippen LogP contribution in [0.5, 0.6) is 11.5 Å². The summed E-state index contributed by atoms with van der Waals surface area (Å²) in [5.41, 5.74) is 0.993. The van der Waals surface area contributed by atoms with E-state index >= 15 is 0 Å². The number of nitrogens with one attached hydrogen (secondary N) is 2. The van der Waals surface area contributed by atoms with Crippen molar-refractivity contribution in [2.75, 3.05) is 19.5 Å². The lowest BCUT2D eigenvalue weighted by Gasteiger charge is -2.12. The summed E-state index contributed by atoms with van der Waals surface area (Å²) in [5.74, 6) is 0.0934. The SMILES string of the molecule is COc1ccc(/C=C(\NC(C)=O)C(=O)Nc2cc(Cl)ccc2Cl)cc1OC. The zero-order chi connectivity index (χ0) is 20.0. The molecule has 2 aromatic carbocycles. The Morgan fingerprint density at radius 2 is 1.70 bits per heavy atom. The molecule has 0 aromatic heterocycles. The zero-order valence-corrected chi connectivity index (χ0v) is 16.4. The highest BCUT2D eigenvalue weighted by Crippen LogP contribution is 2.29. The molecule has 0 aliphatic heterocycles. The molecule has 0 atom stereocenters. The summed E-state index contributed by atoms with van der Waals surface area (Å²) in [4.78, 5) is 24.2. The molecule has 0 unspecified atom stereocenters. The topological polar surface area (TPSA) is 76.7 Å². The first-order chi connectivity index (χ1) is 12.8. The number of rotatable bonds is 6. The van der Waals surface area contributed by atoms with Crippen molar-refractivity contribution in [3.63, 3.8) is 0 Å². The maximum atomic E-state index is 12.6. The number of carbonyl (C=O) groups is 2. The minimum absolute atomic E-state index is 0.0331. The zero-order valence-electron chi connectivity index (χ0n) is 14.9. The van der Waals surface area contributed by atoms with Crippen LogP contribution in [0, 0.1) is 0 Å². The maximum absolute atomic E-state index is 12.6. The molecule has 0 saturated carbocycles. The second-order valence-corrected chi connectivity index (χ2v) is 6.28. The molecule has 0 saturated heterocycles. The van der Waals surface area contributed by atoms with E-state index < -0.39 is 11.8 Å². The molecule has 0 bridgehead atoms. The molecule has 2 amide bonds. The van der Waals surface area contributed by atoms with E-state index in [0.717, 1.165) is 0 Å². The van der Waals surface area contributed by atoms with Gasteiger partial charge in [0.15, 0.2) is 11.5 Å². The van der Waals surface area contributed by atoms with Gasteiger partial charge < -0.3 is 20.1 Å².